The first kappa shape index (κ1) is 15.4. The third kappa shape index (κ3) is 3.32. The molecule has 1 aliphatic heterocycles. The first-order valence-electron chi connectivity index (χ1n) is 6.69. The molecule has 116 valence electrons. The van der Waals surface area contributed by atoms with Gasteiger partial charge in [-0.05, 0) is 64.0 Å². The maximum absolute atomic E-state index is 12.9. The number of aliphatic imine (C=N–C) groups is 1. The number of rotatable bonds is 3. The monoisotopic (exact) mass is 375 g/mol. The Balaban J connectivity index is 1.91. The van der Waals surface area contributed by atoms with Gasteiger partial charge in [-0.15, -0.1) is 0 Å². The van der Waals surface area contributed by atoms with Crippen LogP contribution in [0.1, 0.15) is 11.1 Å². The summed E-state index contributed by atoms with van der Waals surface area (Å²) in [4.78, 5) is 16.1. The largest absolute Gasteiger partial charge is 0.496 e. The van der Waals surface area contributed by atoms with Crippen molar-refractivity contribution >= 4 is 33.9 Å². The Bertz CT molecular complexity index is 828. The zero-order valence-electron chi connectivity index (χ0n) is 12.0. The van der Waals surface area contributed by atoms with Crippen molar-refractivity contribution in [3.05, 3.63) is 69.6 Å². The Labute approximate surface area is 140 Å². The van der Waals surface area contributed by atoms with Crippen LogP contribution in [0.2, 0.25) is 0 Å². The first-order chi connectivity index (χ1) is 11.1. The fourth-order valence-electron chi connectivity index (χ4n) is 2.06. The molecule has 1 heterocycles. The molecule has 0 N–H and O–H groups in total. The number of methoxy groups -OCH3 is 1. The van der Waals surface area contributed by atoms with Crippen LogP contribution >= 0.6 is 15.9 Å². The van der Waals surface area contributed by atoms with E-state index in [4.69, 9.17) is 9.47 Å². The van der Waals surface area contributed by atoms with Crippen LogP contribution in [0.15, 0.2) is 57.6 Å². The molecule has 0 fully saturated rings. The first-order valence-corrected chi connectivity index (χ1v) is 7.48. The second kappa shape index (κ2) is 6.34. The molecule has 2 aromatic rings. The van der Waals surface area contributed by atoms with Gasteiger partial charge < -0.3 is 9.47 Å². The van der Waals surface area contributed by atoms with Crippen LogP contribution in [0.4, 0.5) is 4.39 Å². The second-order valence-corrected chi connectivity index (χ2v) is 5.59. The van der Waals surface area contributed by atoms with Gasteiger partial charge in [0.2, 0.25) is 5.90 Å². The molecule has 4 nitrogen and oxygen atoms in total. The highest BCUT2D eigenvalue weighted by atomic mass is 79.9. The molecule has 3 rings (SSSR count). The molecule has 0 unspecified atom stereocenters. The number of benzene rings is 2. The average Bonchev–Trinajstić information content (AvgIpc) is 2.89. The molecule has 0 saturated carbocycles. The van der Waals surface area contributed by atoms with E-state index in [1.165, 1.54) is 24.3 Å². The average molecular weight is 376 g/mol. The lowest BCUT2D eigenvalue weighted by atomic mass is 10.2. The summed E-state index contributed by atoms with van der Waals surface area (Å²) in [6.07, 6.45) is 1.61. The minimum Gasteiger partial charge on any atom is -0.496 e. The van der Waals surface area contributed by atoms with Gasteiger partial charge in [0.15, 0.2) is 5.70 Å². The molecule has 0 saturated heterocycles. The topological polar surface area (TPSA) is 47.9 Å². The summed E-state index contributed by atoms with van der Waals surface area (Å²) in [5.74, 6) is -0.0562. The summed E-state index contributed by atoms with van der Waals surface area (Å²) in [6, 6.07) is 11.0. The Kier molecular flexibility index (Phi) is 4.25. The number of halogens is 2. The highest BCUT2D eigenvalue weighted by Gasteiger charge is 2.24. The van der Waals surface area contributed by atoms with Crippen molar-refractivity contribution in [2.75, 3.05) is 7.11 Å². The third-order valence-corrected chi connectivity index (χ3v) is 3.81. The van der Waals surface area contributed by atoms with E-state index in [1.54, 1.807) is 25.3 Å². The highest BCUT2D eigenvalue weighted by molar-refractivity contribution is 9.10. The van der Waals surface area contributed by atoms with E-state index in [-0.39, 0.29) is 17.4 Å². The number of nitrogens with zero attached hydrogens (tertiary/aromatic N) is 1. The third-order valence-electron chi connectivity index (χ3n) is 3.19. The Hall–Kier alpha value is -2.47. The van der Waals surface area contributed by atoms with Crippen LogP contribution in [0.25, 0.3) is 6.08 Å². The number of hydrogen-bond donors (Lipinski definition) is 0. The lowest BCUT2D eigenvalue weighted by Crippen LogP contribution is -2.05. The highest BCUT2D eigenvalue weighted by Crippen LogP contribution is 2.27. The minimum atomic E-state index is -0.545. The summed E-state index contributed by atoms with van der Waals surface area (Å²) < 4.78 is 24.0. The molecule has 0 aliphatic carbocycles. The van der Waals surface area contributed by atoms with E-state index >= 15 is 0 Å². The fourth-order valence-corrected chi connectivity index (χ4v) is 2.61. The van der Waals surface area contributed by atoms with Crippen LogP contribution in [0, 0.1) is 5.82 Å². The van der Waals surface area contributed by atoms with Crippen molar-refractivity contribution in [1.29, 1.82) is 0 Å². The Morgan fingerprint density at radius 2 is 1.96 bits per heavy atom. The molecule has 1 aliphatic rings. The van der Waals surface area contributed by atoms with E-state index in [2.05, 4.69) is 20.9 Å². The van der Waals surface area contributed by atoms with E-state index in [0.29, 0.717) is 11.3 Å². The minimum absolute atomic E-state index is 0.161. The lowest BCUT2D eigenvalue weighted by molar-refractivity contribution is -0.129. The number of esters is 1. The fraction of sp³-hybridized carbons (Fsp3) is 0.0588. The molecule has 0 spiro atoms. The predicted molar refractivity (Wildman–Crippen MR) is 87.7 cm³/mol. The van der Waals surface area contributed by atoms with Crippen molar-refractivity contribution < 1.29 is 18.7 Å². The molecule has 0 amide bonds. The van der Waals surface area contributed by atoms with Crippen LogP contribution < -0.4 is 4.74 Å². The van der Waals surface area contributed by atoms with Crippen LogP contribution in [0.5, 0.6) is 5.75 Å². The molecule has 0 aromatic heterocycles. The second-order valence-electron chi connectivity index (χ2n) is 4.74. The van der Waals surface area contributed by atoms with Crippen molar-refractivity contribution in [3.63, 3.8) is 0 Å². The van der Waals surface area contributed by atoms with Crippen molar-refractivity contribution in [2.24, 2.45) is 4.99 Å². The number of hydrogen-bond acceptors (Lipinski definition) is 4. The van der Waals surface area contributed by atoms with E-state index in [9.17, 15) is 9.18 Å². The number of ether oxygens (including phenoxy) is 2. The van der Waals surface area contributed by atoms with Gasteiger partial charge in [-0.25, -0.2) is 14.2 Å². The number of carbonyl (C=O) groups is 1. The number of cyclic esters (lactones) is 1. The predicted octanol–water partition coefficient (Wildman–Crippen LogP) is 3.94. The van der Waals surface area contributed by atoms with Crippen LogP contribution in [-0.2, 0) is 9.53 Å². The summed E-state index contributed by atoms with van der Waals surface area (Å²) in [7, 11) is 1.58. The molecular weight excluding hydrogens is 365 g/mol. The van der Waals surface area contributed by atoms with Gasteiger partial charge in [-0.2, -0.15) is 0 Å². The SMILES string of the molecule is COc1ccc(/C=C2/N=C(c3ccc(F)cc3)OC2=O)cc1Br. The summed E-state index contributed by atoms with van der Waals surface area (Å²) in [5.41, 5.74) is 1.49. The molecule has 0 atom stereocenters. The number of carbonyl (C=O) groups excluding carboxylic acids is 1. The van der Waals surface area contributed by atoms with E-state index in [1.807, 2.05) is 6.07 Å². The van der Waals surface area contributed by atoms with Crippen molar-refractivity contribution in [2.45, 2.75) is 0 Å². The van der Waals surface area contributed by atoms with Gasteiger partial charge in [0.25, 0.3) is 0 Å². The van der Waals surface area contributed by atoms with Crippen molar-refractivity contribution in [3.8, 4) is 5.75 Å². The molecule has 6 heteroatoms. The maximum atomic E-state index is 12.9. The molecular formula is C17H11BrFNO3. The van der Waals surface area contributed by atoms with Gasteiger partial charge in [0.05, 0.1) is 11.6 Å². The van der Waals surface area contributed by atoms with Crippen LogP contribution in [0.3, 0.4) is 0 Å². The standard InChI is InChI=1S/C17H11BrFNO3/c1-22-15-7-2-10(8-13(15)18)9-14-17(21)23-16(20-14)11-3-5-12(19)6-4-11/h2-9H,1H3/b14-9+. The van der Waals surface area contributed by atoms with E-state index < -0.39 is 5.97 Å². The smallest absolute Gasteiger partial charge is 0.363 e. The quantitative estimate of drug-likeness (QED) is 0.602. The van der Waals surface area contributed by atoms with E-state index in [0.717, 1.165) is 10.0 Å². The molecule has 0 bridgehead atoms. The van der Waals surface area contributed by atoms with Gasteiger partial charge in [-0.3, -0.25) is 0 Å². The summed E-state index contributed by atoms with van der Waals surface area (Å²) >= 11 is 3.39. The lowest BCUT2D eigenvalue weighted by Gasteiger charge is -2.03. The van der Waals surface area contributed by atoms with Gasteiger partial charge in [-0.1, -0.05) is 6.07 Å². The normalized spacial score (nSPS) is 15.5. The Morgan fingerprint density at radius 1 is 1.22 bits per heavy atom. The zero-order chi connectivity index (χ0) is 16.4. The van der Waals surface area contributed by atoms with Crippen molar-refractivity contribution in [1.82, 2.24) is 0 Å². The summed E-state index contributed by atoms with van der Waals surface area (Å²) in [6.45, 7) is 0. The van der Waals surface area contributed by atoms with Gasteiger partial charge in [0, 0.05) is 5.56 Å². The van der Waals surface area contributed by atoms with Crippen LogP contribution in [-0.4, -0.2) is 19.0 Å². The van der Waals surface area contributed by atoms with Gasteiger partial charge >= 0.3 is 5.97 Å². The van der Waals surface area contributed by atoms with Gasteiger partial charge in [0.1, 0.15) is 11.6 Å². The Morgan fingerprint density at radius 3 is 2.61 bits per heavy atom. The summed E-state index contributed by atoms with van der Waals surface area (Å²) in [5, 5.41) is 0. The zero-order valence-corrected chi connectivity index (χ0v) is 13.6. The molecule has 2 aromatic carbocycles. The molecule has 0 radical (unpaired) electrons. The molecule has 23 heavy (non-hydrogen) atoms. The maximum Gasteiger partial charge on any atom is 0.363 e.